The van der Waals surface area contributed by atoms with Crippen molar-refractivity contribution in [2.24, 2.45) is 0 Å². The van der Waals surface area contributed by atoms with Crippen molar-refractivity contribution in [1.29, 1.82) is 0 Å². The van der Waals surface area contributed by atoms with Crippen LogP contribution in [0, 0.1) is 0 Å². The third-order valence-electron chi connectivity index (χ3n) is 2.51. The first kappa shape index (κ1) is 12.8. The van der Waals surface area contributed by atoms with Crippen LogP contribution in [0.15, 0.2) is 28.7 Å². The Hall–Kier alpha value is -0.680. The van der Waals surface area contributed by atoms with Gasteiger partial charge >= 0.3 is 0 Å². The van der Waals surface area contributed by atoms with E-state index >= 15 is 0 Å². The van der Waals surface area contributed by atoms with E-state index in [0.717, 1.165) is 40.0 Å². The van der Waals surface area contributed by atoms with Crippen molar-refractivity contribution in [1.82, 2.24) is 14.8 Å². The van der Waals surface area contributed by atoms with E-state index in [9.17, 15) is 0 Å². The molecular weight excluding hydrogens is 346 g/mol. The first-order valence-corrected chi connectivity index (χ1v) is 7.42. The molecule has 90 valence electrons. The number of alkyl halides is 1. The molecule has 2 rings (SSSR count). The van der Waals surface area contributed by atoms with E-state index in [-0.39, 0.29) is 0 Å². The standard InChI is InChI=1S/C12H13Br2N3/c1-2-7-17-11(8-13)15-16-12(17)9-5-3-4-6-10(9)14/h3-6H,2,7-8H2,1H3. The van der Waals surface area contributed by atoms with Crippen molar-refractivity contribution >= 4 is 31.9 Å². The second-order valence-corrected chi connectivity index (χ2v) is 5.12. The molecule has 0 fully saturated rings. The summed E-state index contributed by atoms with van der Waals surface area (Å²) < 4.78 is 3.21. The van der Waals surface area contributed by atoms with Gasteiger partial charge in [0.1, 0.15) is 5.82 Å². The topological polar surface area (TPSA) is 30.7 Å². The minimum atomic E-state index is 0.727. The lowest BCUT2D eigenvalue weighted by molar-refractivity contribution is 0.661. The largest absolute Gasteiger partial charge is 0.310 e. The van der Waals surface area contributed by atoms with Gasteiger partial charge in [0, 0.05) is 16.6 Å². The summed E-state index contributed by atoms with van der Waals surface area (Å²) >= 11 is 7.00. The molecule has 2 aromatic rings. The van der Waals surface area contributed by atoms with Gasteiger partial charge in [-0.1, -0.05) is 57.0 Å². The molecule has 0 aliphatic heterocycles. The van der Waals surface area contributed by atoms with Crippen molar-refractivity contribution in [3.8, 4) is 11.4 Å². The maximum absolute atomic E-state index is 4.29. The average molecular weight is 359 g/mol. The summed E-state index contributed by atoms with van der Waals surface area (Å²) in [7, 11) is 0. The average Bonchev–Trinajstić information content (AvgIpc) is 2.73. The van der Waals surface area contributed by atoms with E-state index in [1.807, 2.05) is 18.2 Å². The molecule has 1 aromatic carbocycles. The molecule has 0 spiro atoms. The van der Waals surface area contributed by atoms with Crippen LogP contribution < -0.4 is 0 Å². The second kappa shape index (κ2) is 5.78. The van der Waals surface area contributed by atoms with E-state index in [0.29, 0.717) is 0 Å². The Bertz CT molecular complexity index is 508. The smallest absolute Gasteiger partial charge is 0.165 e. The van der Waals surface area contributed by atoms with Crippen LogP contribution in [0.4, 0.5) is 0 Å². The normalized spacial score (nSPS) is 10.8. The summed E-state index contributed by atoms with van der Waals surface area (Å²) in [4.78, 5) is 0. The van der Waals surface area contributed by atoms with Gasteiger partial charge in [0.05, 0.1) is 5.33 Å². The molecule has 0 radical (unpaired) electrons. The molecule has 0 N–H and O–H groups in total. The number of benzene rings is 1. The lowest BCUT2D eigenvalue weighted by atomic mass is 10.2. The number of aromatic nitrogens is 3. The number of hydrogen-bond acceptors (Lipinski definition) is 2. The van der Waals surface area contributed by atoms with Crippen LogP contribution in [-0.2, 0) is 11.9 Å². The maximum atomic E-state index is 4.29. The van der Waals surface area contributed by atoms with Crippen molar-refractivity contribution in [3.05, 3.63) is 34.6 Å². The predicted molar refractivity (Wildman–Crippen MR) is 76.1 cm³/mol. The van der Waals surface area contributed by atoms with Crippen LogP contribution in [0.5, 0.6) is 0 Å². The van der Waals surface area contributed by atoms with Crippen LogP contribution >= 0.6 is 31.9 Å². The van der Waals surface area contributed by atoms with E-state index in [1.54, 1.807) is 0 Å². The fourth-order valence-corrected chi connectivity index (χ4v) is 2.61. The minimum Gasteiger partial charge on any atom is -0.310 e. The summed E-state index contributed by atoms with van der Waals surface area (Å²) in [5.74, 6) is 1.89. The SMILES string of the molecule is CCCn1c(CBr)nnc1-c1ccccc1Br. The molecule has 1 aromatic heterocycles. The lowest BCUT2D eigenvalue weighted by Crippen LogP contribution is -2.04. The summed E-state index contributed by atoms with van der Waals surface area (Å²) in [6.45, 7) is 3.09. The lowest BCUT2D eigenvalue weighted by Gasteiger charge is -2.08. The van der Waals surface area contributed by atoms with Crippen molar-refractivity contribution in [2.45, 2.75) is 25.2 Å². The Morgan fingerprint density at radius 3 is 2.65 bits per heavy atom. The highest BCUT2D eigenvalue weighted by atomic mass is 79.9. The van der Waals surface area contributed by atoms with E-state index in [4.69, 9.17) is 0 Å². The molecule has 0 saturated carbocycles. The van der Waals surface area contributed by atoms with Gasteiger partial charge in [-0.15, -0.1) is 10.2 Å². The quantitative estimate of drug-likeness (QED) is 0.773. The van der Waals surface area contributed by atoms with E-state index in [1.165, 1.54) is 0 Å². The molecule has 0 saturated heterocycles. The number of halogens is 2. The highest BCUT2D eigenvalue weighted by molar-refractivity contribution is 9.10. The zero-order valence-corrected chi connectivity index (χ0v) is 12.7. The number of nitrogens with zero attached hydrogens (tertiary/aromatic N) is 3. The highest BCUT2D eigenvalue weighted by Gasteiger charge is 2.14. The second-order valence-electron chi connectivity index (χ2n) is 3.70. The predicted octanol–water partition coefficient (Wildman–Crippen LogP) is 4.01. The van der Waals surface area contributed by atoms with Crippen LogP contribution in [-0.4, -0.2) is 14.8 Å². The summed E-state index contributed by atoms with van der Waals surface area (Å²) in [5.41, 5.74) is 1.08. The Morgan fingerprint density at radius 1 is 1.24 bits per heavy atom. The van der Waals surface area contributed by atoms with Gasteiger partial charge in [0.15, 0.2) is 5.82 Å². The van der Waals surface area contributed by atoms with Crippen molar-refractivity contribution in [2.75, 3.05) is 0 Å². The van der Waals surface area contributed by atoms with Gasteiger partial charge in [-0.2, -0.15) is 0 Å². The molecule has 17 heavy (non-hydrogen) atoms. The molecule has 0 amide bonds. The zero-order valence-electron chi connectivity index (χ0n) is 9.53. The Balaban J connectivity index is 2.52. The Kier molecular flexibility index (Phi) is 4.34. The summed E-state index contributed by atoms with van der Waals surface area (Å²) in [6.07, 6.45) is 1.06. The fourth-order valence-electron chi connectivity index (χ4n) is 1.73. The maximum Gasteiger partial charge on any atom is 0.165 e. The molecule has 0 atom stereocenters. The fraction of sp³-hybridized carbons (Fsp3) is 0.333. The monoisotopic (exact) mass is 357 g/mol. The Labute approximate surface area is 118 Å². The molecule has 5 heteroatoms. The number of rotatable bonds is 4. The third-order valence-corrected chi connectivity index (χ3v) is 3.70. The molecule has 1 heterocycles. The molecular formula is C12H13Br2N3. The molecule has 0 aliphatic carbocycles. The van der Waals surface area contributed by atoms with Gasteiger partial charge in [0.25, 0.3) is 0 Å². The van der Waals surface area contributed by atoms with Crippen LogP contribution in [0.1, 0.15) is 19.2 Å². The first-order valence-electron chi connectivity index (χ1n) is 5.50. The summed E-state index contributed by atoms with van der Waals surface area (Å²) in [5, 5.41) is 9.23. The van der Waals surface area contributed by atoms with Gasteiger partial charge in [0.2, 0.25) is 0 Å². The highest BCUT2D eigenvalue weighted by Crippen LogP contribution is 2.27. The zero-order chi connectivity index (χ0) is 12.3. The number of hydrogen-bond donors (Lipinski definition) is 0. The molecule has 0 unspecified atom stereocenters. The van der Waals surface area contributed by atoms with Gasteiger partial charge in [-0.05, 0) is 12.5 Å². The Morgan fingerprint density at radius 2 is 2.00 bits per heavy atom. The van der Waals surface area contributed by atoms with Gasteiger partial charge in [-0.25, -0.2) is 0 Å². The van der Waals surface area contributed by atoms with Gasteiger partial charge in [-0.3, -0.25) is 0 Å². The first-order chi connectivity index (χ1) is 8.27. The molecule has 0 aliphatic rings. The van der Waals surface area contributed by atoms with E-state index in [2.05, 4.69) is 59.6 Å². The van der Waals surface area contributed by atoms with Crippen molar-refractivity contribution in [3.63, 3.8) is 0 Å². The summed E-state index contributed by atoms with van der Waals surface area (Å²) in [6, 6.07) is 8.09. The van der Waals surface area contributed by atoms with Gasteiger partial charge < -0.3 is 4.57 Å². The third kappa shape index (κ3) is 2.60. The molecule has 0 bridgehead atoms. The van der Waals surface area contributed by atoms with E-state index < -0.39 is 0 Å². The van der Waals surface area contributed by atoms with Crippen LogP contribution in [0.2, 0.25) is 0 Å². The minimum absolute atomic E-state index is 0.727. The van der Waals surface area contributed by atoms with Crippen LogP contribution in [0.3, 0.4) is 0 Å². The van der Waals surface area contributed by atoms with Crippen molar-refractivity contribution < 1.29 is 0 Å². The van der Waals surface area contributed by atoms with Crippen LogP contribution in [0.25, 0.3) is 11.4 Å². The molecule has 3 nitrogen and oxygen atoms in total.